The summed E-state index contributed by atoms with van der Waals surface area (Å²) in [4.78, 5) is 0. The fourth-order valence-electron chi connectivity index (χ4n) is 2.06. The molecule has 3 nitrogen and oxygen atoms in total. The Bertz CT molecular complexity index is 678. The number of benzene rings is 2. The third kappa shape index (κ3) is 1.51. The maximum atomic E-state index is 4.25. The highest BCUT2D eigenvalue weighted by Gasteiger charge is 2.10. The van der Waals surface area contributed by atoms with Crippen LogP contribution in [0.15, 0.2) is 42.5 Å². The molecule has 0 unspecified atom stereocenters. The molecule has 0 N–H and O–H groups in total. The topological polar surface area (TPSA) is 30.7 Å². The quantitative estimate of drug-likeness (QED) is 0.635. The van der Waals surface area contributed by atoms with Crippen LogP contribution in [-0.4, -0.2) is 14.8 Å². The summed E-state index contributed by atoms with van der Waals surface area (Å²) in [7, 11) is 1.99. The van der Waals surface area contributed by atoms with Gasteiger partial charge in [0.25, 0.3) is 0 Å². The molecule has 0 saturated heterocycles. The van der Waals surface area contributed by atoms with Crippen molar-refractivity contribution in [3.63, 3.8) is 0 Å². The summed E-state index contributed by atoms with van der Waals surface area (Å²) in [5, 5.41) is 10.8. The van der Waals surface area contributed by atoms with Crippen molar-refractivity contribution in [2.75, 3.05) is 0 Å². The first-order chi connectivity index (χ1) is 8.27. The molecule has 0 saturated carbocycles. The first kappa shape index (κ1) is 10.0. The Morgan fingerprint density at radius 3 is 2.47 bits per heavy atom. The van der Waals surface area contributed by atoms with Crippen molar-refractivity contribution in [3.8, 4) is 11.4 Å². The van der Waals surface area contributed by atoms with Crippen LogP contribution in [0.25, 0.3) is 22.2 Å². The zero-order chi connectivity index (χ0) is 11.8. The van der Waals surface area contributed by atoms with Gasteiger partial charge in [-0.3, -0.25) is 0 Å². The highest BCUT2D eigenvalue weighted by atomic mass is 15.3. The van der Waals surface area contributed by atoms with Gasteiger partial charge in [0.05, 0.1) is 0 Å². The van der Waals surface area contributed by atoms with Gasteiger partial charge < -0.3 is 4.57 Å². The van der Waals surface area contributed by atoms with Gasteiger partial charge in [0.2, 0.25) is 0 Å². The van der Waals surface area contributed by atoms with Crippen LogP contribution < -0.4 is 0 Å². The molecule has 3 rings (SSSR count). The fraction of sp³-hybridized carbons (Fsp3) is 0.143. The van der Waals surface area contributed by atoms with E-state index in [1.54, 1.807) is 0 Å². The molecule has 0 spiro atoms. The second-order valence-electron chi connectivity index (χ2n) is 4.16. The van der Waals surface area contributed by atoms with E-state index in [1.165, 1.54) is 10.8 Å². The van der Waals surface area contributed by atoms with Crippen LogP contribution in [0, 0.1) is 6.92 Å². The molecule has 0 radical (unpaired) electrons. The van der Waals surface area contributed by atoms with Crippen molar-refractivity contribution in [3.05, 3.63) is 48.3 Å². The normalized spacial score (nSPS) is 10.9. The lowest BCUT2D eigenvalue weighted by atomic mass is 10.0. The third-order valence-electron chi connectivity index (χ3n) is 3.12. The minimum absolute atomic E-state index is 0.916. The largest absolute Gasteiger partial charge is 0.314 e. The van der Waals surface area contributed by atoms with Gasteiger partial charge in [-0.05, 0) is 17.7 Å². The molecule has 0 aliphatic heterocycles. The maximum Gasteiger partial charge on any atom is 0.164 e. The van der Waals surface area contributed by atoms with Crippen molar-refractivity contribution >= 4 is 10.8 Å². The summed E-state index contributed by atoms with van der Waals surface area (Å²) in [6.07, 6.45) is 0. The minimum Gasteiger partial charge on any atom is -0.314 e. The number of hydrogen-bond acceptors (Lipinski definition) is 2. The Hall–Kier alpha value is -2.16. The Balaban J connectivity index is 2.34. The predicted octanol–water partition coefficient (Wildman–Crippen LogP) is 2.94. The van der Waals surface area contributed by atoms with Crippen molar-refractivity contribution in [2.24, 2.45) is 7.05 Å². The van der Waals surface area contributed by atoms with Crippen molar-refractivity contribution in [2.45, 2.75) is 6.92 Å². The second kappa shape index (κ2) is 3.70. The molecule has 1 aromatic heterocycles. The van der Waals surface area contributed by atoms with Gasteiger partial charge in [-0.25, -0.2) is 0 Å². The van der Waals surface area contributed by atoms with E-state index < -0.39 is 0 Å². The lowest BCUT2D eigenvalue weighted by molar-refractivity contribution is 0.865. The SMILES string of the molecule is Cc1nnc(-c2cccc3ccccc23)n1C. The van der Waals surface area contributed by atoms with E-state index in [1.807, 2.05) is 24.6 Å². The predicted molar refractivity (Wildman–Crippen MR) is 68.7 cm³/mol. The molecule has 3 aromatic rings. The van der Waals surface area contributed by atoms with E-state index in [-0.39, 0.29) is 0 Å². The molecule has 0 amide bonds. The summed E-state index contributed by atoms with van der Waals surface area (Å²) >= 11 is 0. The number of aryl methyl sites for hydroxylation is 1. The maximum absolute atomic E-state index is 4.25. The lowest BCUT2D eigenvalue weighted by Crippen LogP contribution is -1.95. The first-order valence-corrected chi connectivity index (χ1v) is 5.61. The Kier molecular flexibility index (Phi) is 2.18. The minimum atomic E-state index is 0.916. The summed E-state index contributed by atoms with van der Waals surface area (Å²) in [5.74, 6) is 1.84. The highest BCUT2D eigenvalue weighted by Crippen LogP contribution is 2.26. The molecule has 0 bridgehead atoms. The molecule has 2 aromatic carbocycles. The van der Waals surface area contributed by atoms with Gasteiger partial charge in [0.1, 0.15) is 5.82 Å². The molecular formula is C14H13N3. The van der Waals surface area contributed by atoms with Crippen molar-refractivity contribution in [1.29, 1.82) is 0 Å². The average Bonchev–Trinajstić information content (AvgIpc) is 2.69. The summed E-state index contributed by atoms with van der Waals surface area (Å²) < 4.78 is 2.02. The summed E-state index contributed by atoms with van der Waals surface area (Å²) in [6, 6.07) is 14.6. The molecule has 84 valence electrons. The summed E-state index contributed by atoms with van der Waals surface area (Å²) in [5.41, 5.74) is 1.13. The van der Waals surface area contributed by atoms with Crippen LogP contribution in [0.2, 0.25) is 0 Å². The Morgan fingerprint density at radius 1 is 0.941 bits per heavy atom. The number of rotatable bonds is 1. The summed E-state index contributed by atoms with van der Waals surface area (Å²) in [6.45, 7) is 1.96. The standard InChI is InChI=1S/C14H13N3/c1-10-15-16-14(17(10)2)13-9-5-7-11-6-3-4-8-12(11)13/h3-9H,1-2H3. The van der Waals surface area contributed by atoms with Gasteiger partial charge in [-0.2, -0.15) is 0 Å². The fourth-order valence-corrected chi connectivity index (χ4v) is 2.06. The third-order valence-corrected chi connectivity index (χ3v) is 3.12. The van der Waals surface area contributed by atoms with Crippen LogP contribution in [0.1, 0.15) is 5.82 Å². The van der Waals surface area contributed by atoms with Gasteiger partial charge in [-0.15, -0.1) is 10.2 Å². The molecule has 3 heteroatoms. The van der Waals surface area contributed by atoms with Gasteiger partial charge in [0, 0.05) is 12.6 Å². The van der Waals surface area contributed by atoms with E-state index in [0.717, 1.165) is 17.2 Å². The molecule has 17 heavy (non-hydrogen) atoms. The van der Waals surface area contributed by atoms with Crippen LogP contribution in [0.4, 0.5) is 0 Å². The monoisotopic (exact) mass is 223 g/mol. The number of aromatic nitrogens is 3. The van der Waals surface area contributed by atoms with E-state index in [2.05, 4.69) is 46.6 Å². The number of fused-ring (bicyclic) bond motifs is 1. The number of nitrogens with zero attached hydrogens (tertiary/aromatic N) is 3. The molecule has 0 fully saturated rings. The highest BCUT2D eigenvalue weighted by molar-refractivity contribution is 5.95. The Labute approximate surface area is 99.7 Å². The van der Waals surface area contributed by atoms with Gasteiger partial charge >= 0.3 is 0 Å². The van der Waals surface area contributed by atoms with Gasteiger partial charge in [-0.1, -0.05) is 42.5 Å². The number of hydrogen-bond donors (Lipinski definition) is 0. The second-order valence-corrected chi connectivity index (χ2v) is 4.16. The molecule has 0 aliphatic carbocycles. The lowest BCUT2D eigenvalue weighted by Gasteiger charge is -2.06. The molecule has 0 aliphatic rings. The zero-order valence-electron chi connectivity index (χ0n) is 9.88. The van der Waals surface area contributed by atoms with E-state index in [9.17, 15) is 0 Å². The van der Waals surface area contributed by atoms with Crippen molar-refractivity contribution < 1.29 is 0 Å². The van der Waals surface area contributed by atoms with Crippen LogP contribution >= 0.6 is 0 Å². The van der Waals surface area contributed by atoms with E-state index in [0.29, 0.717) is 0 Å². The van der Waals surface area contributed by atoms with E-state index >= 15 is 0 Å². The zero-order valence-corrected chi connectivity index (χ0v) is 9.88. The molecule has 0 atom stereocenters. The van der Waals surface area contributed by atoms with E-state index in [4.69, 9.17) is 0 Å². The molecular weight excluding hydrogens is 210 g/mol. The van der Waals surface area contributed by atoms with Gasteiger partial charge in [0.15, 0.2) is 5.82 Å². The Morgan fingerprint density at radius 2 is 1.71 bits per heavy atom. The van der Waals surface area contributed by atoms with Crippen molar-refractivity contribution in [1.82, 2.24) is 14.8 Å². The van der Waals surface area contributed by atoms with Crippen LogP contribution in [0.5, 0.6) is 0 Å². The van der Waals surface area contributed by atoms with Crippen LogP contribution in [-0.2, 0) is 7.05 Å². The average molecular weight is 223 g/mol. The molecule has 1 heterocycles. The first-order valence-electron chi connectivity index (χ1n) is 5.61. The smallest absolute Gasteiger partial charge is 0.164 e. The van der Waals surface area contributed by atoms with Crippen LogP contribution in [0.3, 0.4) is 0 Å².